The molecule has 0 spiro atoms. The molecule has 0 heteroatoms. The van der Waals surface area contributed by atoms with Crippen molar-refractivity contribution in [1.29, 1.82) is 0 Å². The van der Waals surface area contributed by atoms with Crippen molar-refractivity contribution in [3.63, 3.8) is 0 Å². The van der Waals surface area contributed by atoms with Crippen LogP contribution in [0.1, 0.15) is 47.5 Å². The molecule has 11 heavy (non-hydrogen) atoms. The summed E-state index contributed by atoms with van der Waals surface area (Å²) in [5.74, 6) is 1.32. The van der Waals surface area contributed by atoms with Crippen LogP contribution in [0.2, 0.25) is 0 Å². The van der Waals surface area contributed by atoms with Gasteiger partial charge in [-0.05, 0) is 37.0 Å². The third kappa shape index (κ3) is 1.98. The fraction of sp³-hybridized carbons (Fsp3) is 0.909. The van der Waals surface area contributed by atoms with Crippen LogP contribution in [0.4, 0.5) is 0 Å². The molecule has 1 radical (unpaired) electrons. The second-order valence-corrected chi connectivity index (χ2v) is 4.00. The number of rotatable bonds is 4. The van der Waals surface area contributed by atoms with Crippen molar-refractivity contribution in [2.24, 2.45) is 17.3 Å². The molecule has 0 nitrogen and oxygen atoms in total. The summed E-state index contributed by atoms with van der Waals surface area (Å²) < 4.78 is 0. The van der Waals surface area contributed by atoms with Crippen molar-refractivity contribution in [1.82, 2.24) is 0 Å². The zero-order valence-corrected chi connectivity index (χ0v) is 8.78. The van der Waals surface area contributed by atoms with Crippen LogP contribution in [0.25, 0.3) is 0 Å². The molecule has 0 N–H and O–H groups in total. The fourth-order valence-corrected chi connectivity index (χ4v) is 2.33. The second-order valence-electron chi connectivity index (χ2n) is 4.00. The predicted molar refractivity (Wildman–Crippen MR) is 52.4 cm³/mol. The van der Waals surface area contributed by atoms with E-state index in [-0.39, 0.29) is 0 Å². The van der Waals surface area contributed by atoms with E-state index in [2.05, 4.69) is 41.5 Å². The average Bonchev–Trinajstić information content (AvgIpc) is 1.90. The van der Waals surface area contributed by atoms with E-state index < -0.39 is 0 Å². The minimum absolute atomic E-state index is 0.472. The Labute approximate surface area is 72.4 Å². The van der Waals surface area contributed by atoms with E-state index >= 15 is 0 Å². The van der Waals surface area contributed by atoms with Gasteiger partial charge in [-0.3, -0.25) is 0 Å². The van der Waals surface area contributed by atoms with Gasteiger partial charge in [0.2, 0.25) is 0 Å². The van der Waals surface area contributed by atoms with Gasteiger partial charge in [0.15, 0.2) is 0 Å². The van der Waals surface area contributed by atoms with Gasteiger partial charge in [-0.15, -0.1) is 0 Å². The highest BCUT2D eigenvalue weighted by atomic mass is 14.4. The molecule has 0 aliphatic carbocycles. The van der Waals surface area contributed by atoms with E-state index in [1.165, 1.54) is 12.8 Å². The Balaban J connectivity index is 4.46. The highest BCUT2D eigenvalue weighted by Gasteiger charge is 2.32. The predicted octanol–water partition coefficient (Wildman–Crippen LogP) is 3.92. The van der Waals surface area contributed by atoms with Gasteiger partial charge >= 0.3 is 0 Å². The molecule has 1 atom stereocenters. The summed E-state index contributed by atoms with van der Waals surface area (Å²) in [6.07, 6.45) is 2.51. The summed E-state index contributed by atoms with van der Waals surface area (Å²) in [5, 5.41) is 0. The zero-order chi connectivity index (χ0) is 9.07. The van der Waals surface area contributed by atoms with Crippen molar-refractivity contribution in [2.75, 3.05) is 0 Å². The molecule has 0 aliphatic rings. The summed E-state index contributed by atoms with van der Waals surface area (Å²) >= 11 is 0. The first-order valence-electron chi connectivity index (χ1n) is 4.84. The third-order valence-electron chi connectivity index (χ3n) is 3.45. The van der Waals surface area contributed by atoms with Gasteiger partial charge in [-0.1, -0.05) is 34.6 Å². The molecule has 0 saturated carbocycles. The van der Waals surface area contributed by atoms with Gasteiger partial charge in [-0.25, -0.2) is 0 Å². The second kappa shape index (κ2) is 4.13. The van der Waals surface area contributed by atoms with Gasteiger partial charge in [-0.2, -0.15) is 0 Å². The topological polar surface area (TPSA) is 0 Å². The smallest absolute Gasteiger partial charge is 0.0254 e. The van der Waals surface area contributed by atoms with Crippen LogP contribution < -0.4 is 0 Å². The lowest BCUT2D eigenvalue weighted by Crippen LogP contribution is -2.31. The van der Waals surface area contributed by atoms with Crippen molar-refractivity contribution in [3.05, 3.63) is 6.92 Å². The van der Waals surface area contributed by atoms with Crippen LogP contribution in [0.3, 0.4) is 0 Å². The summed E-state index contributed by atoms with van der Waals surface area (Å²) in [4.78, 5) is 0. The fourth-order valence-electron chi connectivity index (χ4n) is 2.33. The zero-order valence-electron chi connectivity index (χ0n) is 8.78. The Morgan fingerprint density at radius 2 is 1.45 bits per heavy atom. The minimum Gasteiger partial charge on any atom is -0.0648 e. The summed E-state index contributed by atoms with van der Waals surface area (Å²) in [5.41, 5.74) is 0.472. The van der Waals surface area contributed by atoms with Gasteiger partial charge < -0.3 is 0 Å². The maximum atomic E-state index is 4.17. The Hall–Kier alpha value is 0. The molecule has 0 amide bonds. The summed E-state index contributed by atoms with van der Waals surface area (Å²) in [6, 6.07) is 0. The van der Waals surface area contributed by atoms with Crippen LogP contribution >= 0.6 is 0 Å². The maximum Gasteiger partial charge on any atom is -0.0254 e. The Kier molecular flexibility index (Phi) is 4.13. The quantitative estimate of drug-likeness (QED) is 0.577. The molecule has 67 valence electrons. The first-order chi connectivity index (χ1) is 5.01. The van der Waals surface area contributed by atoms with Gasteiger partial charge in [0.25, 0.3) is 0 Å². The highest BCUT2D eigenvalue weighted by molar-refractivity contribution is 4.85. The van der Waals surface area contributed by atoms with E-state index in [1.54, 1.807) is 0 Å². The van der Waals surface area contributed by atoms with Crippen LogP contribution in [-0.4, -0.2) is 0 Å². The molecule has 1 unspecified atom stereocenters. The molecule has 0 rings (SSSR count). The van der Waals surface area contributed by atoms with Gasteiger partial charge in [0, 0.05) is 0 Å². The van der Waals surface area contributed by atoms with E-state index in [4.69, 9.17) is 0 Å². The molecular formula is C11H23. The van der Waals surface area contributed by atoms with E-state index in [0.29, 0.717) is 11.3 Å². The minimum atomic E-state index is 0.472. The molecule has 0 saturated heterocycles. The standard InChI is InChI=1S/C11H23/c1-7-11(8-2,9(3)4)10(5)6/h9-10H,3,7-8H2,1-2,4-6H3. The first-order valence-corrected chi connectivity index (χ1v) is 4.84. The lowest BCUT2D eigenvalue weighted by atomic mass is 9.65. The lowest BCUT2D eigenvalue weighted by Gasteiger charge is -2.40. The number of hydrogen-bond acceptors (Lipinski definition) is 0. The Morgan fingerprint density at radius 1 is 1.09 bits per heavy atom. The Morgan fingerprint density at radius 3 is 1.45 bits per heavy atom. The summed E-state index contributed by atoms with van der Waals surface area (Å²) in [6.45, 7) is 15.6. The number of hydrogen-bond donors (Lipinski definition) is 0. The lowest BCUT2D eigenvalue weighted by molar-refractivity contribution is 0.114. The van der Waals surface area contributed by atoms with Gasteiger partial charge in [0.05, 0.1) is 0 Å². The van der Waals surface area contributed by atoms with Crippen LogP contribution in [0.5, 0.6) is 0 Å². The first kappa shape index (κ1) is 11.0. The highest BCUT2D eigenvalue weighted by Crippen LogP contribution is 2.41. The van der Waals surface area contributed by atoms with Crippen molar-refractivity contribution < 1.29 is 0 Å². The van der Waals surface area contributed by atoms with E-state index in [9.17, 15) is 0 Å². The molecule has 0 heterocycles. The van der Waals surface area contributed by atoms with Crippen LogP contribution in [0, 0.1) is 24.2 Å². The van der Waals surface area contributed by atoms with Crippen LogP contribution in [-0.2, 0) is 0 Å². The van der Waals surface area contributed by atoms with Crippen molar-refractivity contribution >= 4 is 0 Å². The van der Waals surface area contributed by atoms with Gasteiger partial charge in [0.1, 0.15) is 0 Å². The van der Waals surface area contributed by atoms with Crippen molar-refractivity contribution in [3.8, 4) is 0 Å². The molecular weight excluding hydrogens is 132 g/mol. The normalized spacial score (nSPS) is 13.1. The molecule has 0 aromatic heterocycles. The maximum absolute atomic E-state index is 4.17. The molecule has 0 aromatic carbocycles. The Bertz CT molecular complexity index is 86.6. The van der Waals surface area contributed by atoms with Crippen molar-refractivity contribution in [2.45, 2.75) is 47.5 Å². The van der Waals surface area contributed by atoms with E-state index in [1.807, 2.05) is 0 Å². The largest absolute Gasteiger partial charge is 0.0648 e. The average molecular weight is 155 g/mol. The molecule has 0 aromatic rings. The van der Waals surface area contributed by atoms with E-state index in [0.717, 1.165) is 5.92 Å². The van der Waals surface area contributed by atoms with Crippen LogP contribution in [0.15, 0.2) is 0 Å². The molecule has 0 fully saturated rings. The summed E-state index contributed by atoms with van der Waals surface area (Å²) in [7, 11) is 0. The monoisotopic (exact) mass is 155 g/mol. The molecule has 0 aliphatic heterocycles. The SMILES string of the molecule is [CH2]C(C)C(CC)(CC)C(C)C. The molecule has 0 bridgehead atoms. The third-order valence-corrected chi connectivity index (χ3v) is 3.45.